The van der Waals surface area contributed by atoms with Gasteiger partial charge in [0.25, 0.3) is 0 Å². The highest BCUT2D eigenvalue weighted by atomic mass is 16.5. The van der Waals surface area contributed by atoms with Crippen molar-refractivity contribution in [3.05, 3.63) is 59.8 Å². The van der Waals surface area contributed by atoms with Crippen LogP contribution in [0.5, 0.6) is 5.88 Å². The summed E-state index contributed by atoms with van der Waals surface area (Å²) in [5.41, 5.74) is 2.76. The summed E-state index contributed by atoms with van der Waals surface area (Å²) in [7, 11) is 1.80. The quantitative estimate of drug-likeness (QED) is 0.593. The summed E-state index contributed by atoms with van der Waals surface area (Å²) >= 11 is 0. The first kappa shape index (κ1) is 18.2. The molecule has 1 saturated carbocycles. The molecule has 0 amide bonds. The van der Waals surface area contributed by atoms with E-state index in [2.05, 4.69) is 50.9 Å². The SMILES string of the molecule is CN=C(NCc1ccc(OC(C)C)nc1)NCC1(c2ccccc2)CC1. The smallest absolute Gasteiger partial charge is 0.213 e. The van der Waals surface area contributed by atoms with Crippen LogP contribution in [-0.4, -0.2) is 30.6 Å². The first-order valence-electron chi connectivity index (χ1n) is 9.23. The summed E-state index contributed by atoms with van der Waals surface area (Å²) in [4.78, 5) is 8.67. The number of rotatable bonds is 7. The van der Waals surface area contributed by atoms with Gasteiger partial charge in [0.1, 0.15) is 0 Å². The predicted octanol–water partition coefficient (Wildman–Crippen LogP) is 3.27. The van der Waals surface area contributed by atoms with Crippen molar-refractivity contribution in [2.45, 2.75) is 44.8 Å². The molecule has 1 aromatic carbocycles. The number of aromatic nitrogens is 1. The van der Waals surface area contributed by atoms with E-state index in [1.165, 1.54) is 18.4 Å². The molecule has 1 heterocycles. The molecule has 0 radical (unpaired) electrons. The maximum absolute atomic E-state index is 5.57. The van der Waals surface area contributed by atoms with Crippen molar-refractivity contribution in [2.75, 3.05) is 13.6 Å². The lowest BCUT2D eigenvalue weighted by Gasteiger charge is -2.19. The Morgan fingerprint density at radius 2 is 1.92 bits per heavy atom. The second-order valence-corrected chi connectivity index (χ2v) is 7.10. The Kier molecular flexibility index (Phi) is 5.76. The summed E-state index contributed by atoms with van der Waals surface area (Å²) in [5.74, 6) is 1.47. The third-order valence-electron chi connectivity index (χ3n) is 4.67. The molecule has 0 saturated heterocycles. The Labute approximate surface area is 155 Å². The van der Waals surface area contributed by atoms with Gasteiger partial charge in [-0.15, -0.1) is 0 Å². The number of nitrogens with one attached hydrogen (secondary N) is 2. The monoisotopic (exact) mass is 352 g/mol. The summed E-state index contributed by atoms with van der Waals surface area (Å²) in [6, 6.07) is 14.7. The summed E-state index contributed by atoms with van der Waals surface area (Å²) in [5, 5.41) is 6.83. The Morgan fingerprint density at radius 1 is 1.15 bits per heavy atom. The topological polar surface area (TPSA) is 58.5 Å². The zero-order chi connectivity index (χ0) is 18.4. The minimum Gasteiger partial charge on any atom is -0.475 e. The lowest BCUT2D eigenvalue weighted by atomic mass is 9.96. The van der Waals surface area contributed by atoms with Crippen LogP contribution in [0.3, 0.4) is 0 Å². The molecule has 5 heteroatoms. The molecule has 1 aliphatic rings. The molecule has 1 aliphatic carbocycles. The fraction of sp³-hybridized carbons (Fsp3) is 0.429. The van der Waals surface area contributed by atoms with Crippen LogP contribution in [0, 0.1) is 0 Å². The van der Waals surface area contributed by atoms with E-state index in [4.69, 9.17) is 4.74 Å². The standard InChI is InChI=1S/C21H28N4O/c1-16(2)26-19-10-9-17(13-23-19)14-24-20(22-3)25-15-21(11-12-21)18-7-5-4-6-8-18/h4-10,13,16H,11-12,14-15H2,1-3H3,(H2,22,24,25). The van der Waals surface area contributed by atoms with Gasteiger partial charge in [0.2, 0.25) is 5.88 Å². The van der Waals surface area contributed by atoms with Gasteiger partial charge in [0.05, 0.1) is 6.10 Å². The average Bonchev–Trinajstić information content (AvgIpc) is 3.45. The maximum Gasteiger partial charge on any atom is 0.213 e. The van der Waals surface area contributed by atoms with Gasteiger partial charge in [-0.05, 0) is 37.8 Å². The summed E-state index contributed by atoms with van der Waals surface area (Å²) in [6.07, 6.45) is 4.42. The molecular weight excluding hydrogens is 324 g/mol. The second-order valence-electron chi connectivity index (χ2n) is 7.10. The maximum atomic E-state index is 5.57. The normalized spacial score (nSPS) is 15.6. The van der Waals surface area contributed by atoms with E-state index in [0.29, 0.717) is 12.4 Å². The molecule has 26 heavy (non-hydrogen) atoms. The van der Waals surface area contributed by atoms with Gasteiger partial charge in [-0.1, -0.05) is 36.4 Å². The fourth-order valence-electron chi connectivity index (χ4n) is 3.00. The molecule has 1 fully saturated rings. The van der Waals surface area contributed by atoms with E-state index >= 15 is 0 Å². The minimum absolute atomic E-state index is 0.133. The molecule has 0 bridgehead atoms. The van der Waals surface area contributed by atoms with Crippen LogP contribution in [0.4, 0.5) is 0 Å². The van der Waals surface area contributed by atoms with E-state index in [1.54, 1.807) is 7.05 Å². The van der Waals surface area contributed by atoms with Crippen molar-refractivity contribution >= 4 is 5.96 Å². The Hall–Kier alpha value is -2.56. The van der Waals surface area contributed by atoms with E-state index in [9.17, 15) is 0 Å². The van der Waals surface area contributed by atoms with Crippen molar-refractivity contribution in [3.63, 3.8) is 0 Å². The number of guanidine groups is 1. The van der Waals surface area contributed by atoms with Gasteiger partial charge >= 0.3 is 0 Å². The third kappa shape index (κ3) is 4.75. The fourth-order valence-corrected chi connectivity index (χ4v) is 3.00. The van der Waals surface area contributed by atoms with Crippen LogP contribution in [0.15, 0.2) is 53.7 Å². The molecular formula is C21H28N4O. The van der Waals surface area contributed by atoms with Gasteiger partial charge in [0, 0.05) is 37.8 Å². The molecule has 0 atom stereocenters. The largest absolute Gasteiger partial charge is 0.475 e. The van der Waals surface area contributed by atoms with Crippen molar-refractivity contribution < 1.29 is 4.74 Å². The van der Waals surface area contributed by atoms with Crippen LogP contribution in [0.2, 0.25) is 0 Å². The number of nitrogens with zero attached hydrogens (tertiary/aromatic N) is 2. The number of ether oxygens (including phenoxy) is 1. The molecule has 5 nitrogen and oxygen atoms in total. The Bertz CT molecular complexity index is 721. The van der Waals surface area contributed by atoms with Gasteiger partial charge in [-0.2, -0.15) is 0 Å². The number of hydrogen-bond donors (Lipinski definition) is 2. The van der Waals surface area contributed by atoms with E-state index in [0.717, 1.165) is 18.1 Å². The molecule has 0 unspecified atom stereocenters. The van der Waals surface area contributed by atoms with Crippen molar-refractivity contribution in [3.8, 4) is 5.88 Å². The minimum atomic E-state index is 0.133. The van der Waals surface area contributed by atoms with E-state index in [-0.39, 0.29) is 11.5 Å². The van der Waals surface area contributed by atoms with Crippen LogP contribution >= 0.6 is 0 Å². The molecule has 2 N–H and O–H groups in total. The highest BCUT2D eigenvalue weighted by molar-refractivity contribution is 5.79. The van der Waals surface area contributed by atoms with Gasteiger partial charge in [-0.25, -0.2) is 4.98 Å². The molecule has 3 rings (SSSR count). The van der Waals surface area contributed by atoms with Crippen molar-refractivity contribution in [1.82, 2.24) is 15.6 Å². The first-order valence-corrected chi connectivity index (χ1v) is 9.23. The molecule has 138 valence electrons. The number of benzene rings is 1. The molecule has 0 spiro atoms. The number of hydrogen-bond acceptors (Lipinski definition) is 3. The van der Waals surface area contributed by atoms with E-state index < -0.39 is 0 Å². The van der Waals surface area contributed by atoms with Crippen molar-refractivity contribution in [1.29, 1.82) is 0 Å². The first-order chi connectivity index (χ1) is 12.6. The lowest BCUT2D eigenvalue weighted by molar-refractivity contribution is 0.232. The van der Waals surface area contributed by atoms with Gasteiger partial charge < -0.3 is 15.4 Å². The number of aliphatic imine (C=N–C) groups is 1. The van der Waals surface area contributed by atoms with Crippen LogP contribution in [0.25, 0.3) is 0 Å². The molecule has 0 aliphatic heterocycles. The average molecular weight is 352 g/mol. The van der Waals surface area contributed by atoms with E-state index in [1.807, 2.05) is 32.2 Å². The zero-order valence-electron chi connectivity index (χ0n) is 15.8. The lowest BCUT2D eigenvalue weighted by Crippen LogP contribution is -2.40. The second kappa shape index (κ2) is 8.21. The van der Waals surface area contributed by atoms with Gasteiger partial charge in [0.15, 0.2) is 5.96 Å². The third-order valence-corrected chi connectivity index (χ3v) is 4.67. The highest BCUT2D eigenvalue weighted by Crippen LogP contribution is 2.47. The summed E-state index contributed by atoms with van der Waals surface area (Å²) < 4.78 is 5.57. The summed E-state index contributed by atoms with van der Waals surface area (Å²) in [6.45, 7) is 5.56. The van der Waals surface area contributed by atoms with Gasteiger partial charge in [-0.3, -0.25) is 4.99 Å². The Morgan fingerprint density at radius 3 is 2.50 bits per heavy atom. The zero-order valence-corrected chi connectivity index (χ0v) is 15.8. The molecule has 2 aromatic rings. The van der Waals surface area contributed by atoms with Crippen LogP contribution < -0.4 is 15.4 Å². The van der Waals surface area contributed by atoms with Crippen LogP contribution in [-0.2, 0) is 12.0 Å². The predicted molar refractivity (Wildman–Crippen MR) is 106 cm³/mol. The van der Waals surface area contributed by atoms with Crippen molar-refractivity contribution in [2.24, 2.45) is 4.99 Å². The molecule has 1 aromatic heterocycles. The number of pyridine rings is 1. The highest BCUT2D eigenvalue weighted by Gasteiger charge is 2.43. The Balaban J connectivity index is 1.49. The van der Waals surface area contributed by atoms with Crippen LogP contribution in [0.1, 0.15) is 37.8 Å².